The van der Waals surface area contributed by atoms with E-state index in [1.54, 1.807) is 6.07 Å². The lowest BCUT2D eigenvalue weighted by Crippen LogP contribution is -2.51. The molecule has 1 saturated carbocycles. The van der Waals surface area contributed by atoms with E-state index in [0.717, 1.165) is 42.8 Å². The first-order valence-electron chi connectivity index (χ1n) is 11.7. The Labute approximate surface area is 202 Å². The van der Waals surface area contributed by atoms with Gasteiger partial charge in [-0.25, -0.2) is 12.7 Å². The molecular formula is C23H35ClN4O4S. The van der Waals surface area contributed by atoms with Gasteiger partial charge in [0.05, 0.1) is 11.1 Å². The summed E-state index contributed by atoms with van der Waals surface area (Å²) in [5.74, 6) is 0.127. The Morgan fingerprint density at radius 1 is 1.09 bits per heavy atom. The monoisotopic (exact) mass is 498 g/mol. The van der Waals surface area contributed by atoms with E-state index in [0.29, 0.717) is 18.8 Å². The lowest BCUT2D eigenvalue weighted by molar-refractivity contribution is -0.127. The Hall–Kier alpha value is -1.68. The second-order valence-electron chi connectivity index (χ2n) is 9.25. The SMILES string of the molecule is CC(C(=O)Nc1ccc(Cl)c(S(=O)(=O)N(C)C)c1)N1CCC(NC(=O)C2CCCCC2)CC1. The Bertz CT molecular complexity index is 955. The molecule has 10 heteroatoms. The molecule has 1 aromatic rings. The number of likely N-dealkylation sites (tertiary alicyclic amines) is 1. The molecule has 0 aromatic heterocycles. The zero-order chi connectivity index (χ0) is 24.2. The van der Waals surface area contributed by atoms with E-state index in [4.69, 9.17) is 11.6 Å². The first-order chi connectivity index (χ1) is 15.6. The summed E-state index contributed by atoms with van der Waals surface area (Å²) in [5, 5.41) is 6.13. The van der Waals surface area contributed by atoms with Crippen LogP contribution in [0.25, 0.3) is 0 Å². The van der Waals surface area contributed by atoms with Gasteiger partial charge in [-0.2, -0.15) is 0 Å². The van der Waals surface area contributed by atoms with Crippen molar-refractivity contribution in [2.24, 2.45) is 5.92 Å². The van der Waals surface area contributed by atoms with Gasteiger partial charge in [0.1, 0.15) is 4.90 Å². The molecule has 0 spiro atoms. The fourth-order valence-corrected chi connectivity index (χ4v) is 5.90. The van der Waals surface area contributed by atoms with Crippen LogP contribution in [-0.2, 0) is 19.6 Å². The maximum Gasteiger partial charge on any atom is 0.244 e. The van der Waals surface area contributed by atoms with Crippen LogP contribution in [0.2, 0.25) is 5.02 Å². The topological polar surface area (TPSA) is 98.8 Å². The van der Waals surface area contributed by atoms with E-state index in [-0.39, 0.29) is 39.7 Å². The number of piperidine rings is 1. The second-order valence-corrected chi connectivity index (χ2v) is 11.8. The third-order valence-corrected chi connectivity index (χ3v) is 9.03. The van der Waals surface area contributed by atoms with Crippen LogP contribution < -0.4 is 10.6 Å². The minimum Gasteiger partial charge on any atom is -0.353 e. The maximum absolute atomic E-state index is 12.8. The Balaban J connectivity index is 1.53. The molecular weight excluding hydrogens is 464 g/mol. The predicted octanol–water partition coefficient (Wildman–Crippen LogP) is 3.08. The maximum atomic E-state index is 12.8. The number of hydrogen-bond donors (Lipinski definition) is 2. The van der Waals surface area contributed by atoms with Crippen LogP contribution in [0.15, 0.2) is 23.1 Å². The number of nitrogens with zero attached hydrogens (tertiary/aromatic N) is 2. The van der Waals surface area contributed by atoms with Crippen LogP contribution >= 0.6 is 11.6 Å². The fraction of sp³-hybridized carbons (Fsp3) is 0.652. The van der Waals surface area contributed by atoms with Gasteiger partial charge in [0.25, 0.3) is 0 Å². The minimum atomic E-state index is -3.73. The van der Waals surface area contributed by atoms with Crippen molar-refractivity contribution < 1.29 is 18.0 Å². The van der Waals surface area contributed by atoms with Gasteiger partial charge >= 0.3 is 0 Å². The highest BCUT2D eigenvalue weighted by molar-refractivity contribution is 7.89. The number of halogens is 1. The summed E-state index contributed by atoms with van der Waals surface area (Å²) >= 11 is 6.09. The van der Waals surface area contributed by atoms with E-state index >= 15 is 0 Å². The van der Waals surface area contributed by atoms with Crippen LogP contribution in [0, 0.1) is 5.92 Å². The van der Waals surface area contributed by atoms with Crippen molar-refractivity contribution in [2.75, 3.05) is 32.5 Å². The molecule has 8 nitrogen and oxygen atoms in total. The van der Waals surface area contributed by atoms with E-state index in [1.165, 1.54) is 32.6 Å². The molecule has 1 aliphatic carbocycles. The van der Waals surface area contributed by atoms with E-state index in [2.05, 4.69) is 15.5 Å². The highest BCUT2D eigenvalue weighted by atomic mass is 35.5. The molecule has 1 heterocycles. The summed E-state index contributed by atoms with van der Waals surface area (Å²) in [6, 6.07) is 4.22. The Kier molecular flexibility index (Phi) is 8.77. The number of carbonyl (C=O) groups excluding carboxylic acids is 2. The van der Waals surface area contributed by atoms with Crippen LogP contribution in [-0.4, -0.2) is 68.7 Å². The number of amides is 2. The largest absolute Gasteiger partial charge is 0.353 e. The van der Waals surface area contributed by atoms with Crippen LogP contribution in [0.4, 0.5) is 5.69 Å². The molecule has 2 fully saturated rings. The summed E-state index contributed by atoms with van der Waals surface area (Å²) in [7, 11) is -0.864. The smallest absolute Gasteiger partial charge is 0.244 e. The van der Waals surface area contributed by atoms with Gasteiger partial charge < -0.3 is 10.6 Å². The summed E-state index contributed by atoms with van der Waals surface area (Å²) in [6.07, 6.45) is 7.10. The van der Waals surface area contributed by atoms with Crippen LogP contribution in [0.5, 0.6) is 0 Å². The van der Waals surface area contributed by atoms with Crippen molar-refractivity contribution in [1.29, 1.82) is 0 Å². The van der Waals surface area contributed by atoms with Crippen LogP contribution in [0.3, 0.4) is 0 Å². The zero-order valence-electron chi connectivity index (χ0n) is 19.6. The first-order valence-corrected chi connectivity index (χ1v) is 13.5. The first kappa shape index (κ1) is 25.9. The van der Waals surface area contributed by atoms with Crippen molar-refractivity contribution in [1.82, 2.24) is 14.5 Å². The molecule has 1 atom stereocenters. The molecule has 184 valence electrons. The molecule has 1 saturated heterocycles. The van der Waals surface area contributed by atoms with Crippen molar-refractivity contribution in [2.45, 2.75) is 68.8 Å². The van der Waals surface area contributed by atoms with Gasteiger partial charge in [-0.05, 0) is 50.8 Å². The van der Waals surface area contributed by atoms with E-state index in [9.17, 15) is 18.0 Å². The van der Waals surface area contributed by atoms with Gasteiger partial charge in [0.2, 0.25) is 21.8 Å². The van der Waals surface area contributed by atoms with Crippen molar-refractivity contribution >= 4 is 39.1 Å². The minimum absolute atomic E-state index is 0.0471. The molecule has 2 amide bonds. The second kappa shape index (κ2) is 11.2. The third kappa shape index (κ3) is 6.47. The van der Waals surface area contributed by atoms with Crippen LogP contribution in [0.1, 0.15) is 51.9 Å². The lowest BCUT2D eigenvalue weighted by Gasteiger charge is -2.36. The molecule has 2 aliphatic rings. The summed E-state index contributed by atoms with van der Waals surface area (Å²) in [5.41, 5.74) is 0.381. The molecule has 33 heavy (non-hydrogen) atoms. The highest BCUT2D eigenvalue weighted by Gasteiger charge is 2.29. The Morgan fingerprint density at radius 2 is 1.73 bits per heavy atom. The number of benzene rings is 1. The highest BCUT2D eigenvalue weighted by Crippen LogP contribution is 2.27. The van der Waals surface area contributed by atoms with Gasteiger partial charge in [-0.3, -0.25) is 14.5 Å². The van der Waals surface area contributed by atoms with Gasteiger partial charge in [-0.15, -0.1) is 0 Å². The average Bonchev–Trinajstić information content (AvgIpc) is 2.80. The standard InChI is InChI=1S/C23H35ClN4O4S/c1-16(22(29)26-19-9-10-20(24)21(15-19)33(31,32)27(2)3)28-13-11-18(12-14-28)25-23(30)17-7-5-4-6-8-17/h9-10,15-18H,4-8,11-14H2,1-3H3,(H,25,30)(H,26,29). The third-order valence-electron chi connectivity index (χ3n) is 6.74. The summed E-state index contributed by atoms with van der Waals surface area (Å²) in [6.45, 7) is 3.26. The molecule has 0 radical (unpaired) electrons. The molecule has 2 N–H and O–H groups in total. The predicted molar refractivity (Wildman–Crippen MR) is 130 cm³/mol. The molecule has 0 bridgehead atoms. The number of anilines is 1. The molecule has 1 unspecified atom stereocenters. The fourth-order valence-electron chi connectivity index (χ4n) is 4.50. The molecule has 3 rings (SSSR count). The van der Waals surface area contributed by atoms with Crippen molar-refractivity contribution in [3.63, 3.8) is 0 Å². The van der Waals surface area contributed by atoms with Gasteiger partial charge in [0, 0.05) is 44.8 Å². The lowest BCUT2D eigenvalue weighted by atomic mass is 9.88. The molecule has 1 aliphatic heterocycles. The normalized spacial score (nSPS) is 19.9. The number of hydrogen-bond acceptors (Lipinski definition) is 5. The quantitative estimate of drug-likeness (QED) is 0.602. The number of rotatable bonds is 7. The van der Waals surface area contributed by atoms with E-state index < -0.39 is 10.0 Å². The average molecular weight is 499 g/mol. The number of sulfonamides is 1. The zero-order valence-corrected chi connectivity index (χ0v) is 21.2. The van der Waals surface area contributed by atoms with Crippen molar-refractivity contribution in [3.8, 4) is 0 Å². The molecule has 1 aromatic carbocycles. The van der Waals surface area contributed by atoms with Crippen molar-refractivity contribution in [3.05, 3.63) is 23.2 Å². The summed E-state index contributed by atoms with van der Waals surface area (Å²) < 4.78 is 26.0. The summed E-state index contributed by atoms with van der Waals surface area (Å²) in [4.78, 5) is 27.4. The Morgan fingerprint density at radius 3 is 2.33 bits per heavy atom. The van der Waals surface area contributed by atoms with Gasteiger partial charge in [-0.1, -0.05) is 30.9 Å². The number of carbonyl (C=O) groups is 2. The van der Waals surface area contributed by atoms with Gasteiger partial charge in [0.15, 0.2) is 0 Å². The number of nitrogens with one attached hydrogen (secondary N) is 2. The van der Waals surface area contributed by atoms with E-state index in [1.807, 2.05) is 6.92 Å².